The Labute approximate surface area is 298 Å². The maximum Gasteiger partial charge on any atom is 3.00 e. The molecule has 0 aliphatic carbocycles. The van der Waals surface area contributed by atoms with Crippen molar-refractivity contribution < 1.29 is 54.2 Å². The molecule has 15 nitrogen and oxygen atoms in total. The summed E-state index contributed by atoms with van der Waals surface area (Å²) in [5.41, 5.74) is 16.9. The Balaban J connectivity index is 0.000000197. The first kappa shape index (κ1) is 39.0. The minimum Gasteiger partial charge on any atom is -0.744 e. The fourth-order valence-electron chi connectivity index (χ4n) is 4.67. The molecule has 0 spiro atoms. The van der Waals surface area contributed by atoms with Gasteiger partial charge in [0, 0.05) is 50.5 Å². The molecule has 0 unspecified atom stereocenters. The standard InChI is InChI=1S/3C10H9NO4S.Bi/c3*11-10-7-4-2-1-3-6(7)9(5-8(10)12)16(13,14)15;/h3*1-5,12H,11H2,(H,13,14,15);/q;;;+3/p-3. The Morgan fingerprint density at radius 1 is 0.408 bits per heavy atom. The molecule has 0 aliphatic rings. The van der Waals surface area contributed by atoms with E-state index in [-0.39, 0.29) is 59.4 Å². The van der Waals surface area contributed by atoms with Crippen LogP contribution in [0.5, 0.6) is 17.2 Å². The van der Waals surface area contributed by atoms with Crippen LogP contribution in [-0.4, -0.2) is 80.4 Å². The van der Waals surface area contributed by atoms with Crippen molar-refractivity contribution in [3.8, 4) is 17.2 Å². The van der Waals surface area contributed by atoms with Crippen molar-refractivity contribution in [1.29, 1.82) is 0 Å². The van der Waals surface area contributed by atoms with E-state index in [9.17, 15) is 54.2 Å². The number of anilines is 3. The number of phenolic OH excluding ortho intramolecular Hbond substituents is 3. The van der Waals surface area contributed by atoms with Crippen molar-refractivity contribution in [3.05, 3.63) is 91.0 Å². The van der Waals surface area contributed by atoms with E-state index < -0.39 is 62.3 Å². The van der Waals surface area contributed by atoms with E-state index in [0.29, 0.717) is 16.2 Å². The van der Waals surface area contributed by atoms with Gasteiger partial charge in [0.15, 0.2) is 0 Å². The molecular formula is C30H24BiN3O12S3. The third-order valence-electron chi connectivity index (χ3n) is 6.89. The van der Waals surface area contributed by atoms with Gasteiger partial charge in [0.25, 0.3) is 0 Å². The summed E-state index contributed by atoms with van der Waals surface area (Å²) in [6.07, 6.45) is 0. The molecule has 0 fully saturated rings. The molecule has 0 bridgehead atoms. The minimum atomic E-state index is -4.63. The predicted molar refractivity (Wildman–Crippen MR) is 180 cm³/mol. The van der Waals surface area contributed by atoms with Gasteiger partial charge in [-0.3, -0.25) is 0 Å². The summed E-state index contributed by atoms with van der Waals surface area (Å²) in [5.74, 6) is -1.23. The molecule has 0 saturated heterocycles. The average Bonchev–Trinajstić information content (AvgIpc) is 3.01. The van der Waals surface area contributed by atoms with Crippen molar-refractivity contribution in [2.24, 2.45) is 0 Å². The monoisotopic (exact) mass is 923 g/mol. The van der Waals surface area contributed by atoms with Crippen LogP contribution in [0.25, 0.3) is 32.3 Å². The predicted octanol–water partition coefficient (Wildman–Crippen LogP) is 2.71. The van der Waals surface area contributed by atoms with Gasteiger partial charge in [-0.2, -0.15) is 0 Å². The van der Waals surface area contributed by atoms with Gasteiger partial charge in [0.2, 0.25) is 0 Å². The molecule has 9 N–H and O–H groups in total. The second kappa shape index (κ2) is 14.6. The Morgan fingerprint density at radius 3 is 0.776 bits per heavy atom. The molecular weight excluding hydrogens is 900 g/mol. The van der Waals surface area contributed by atoms with Crippen LogP contribution in [0.1, 0.15) is 0 Å². The molecule has 254 valence electrons. The van der Waals surface area contributed by atoms with Crippen LogP contribution in [-0.2, 0) is 30.4 Å². The SMILES string of the molecule is Nc1c(O)cc(S(=O)(=O)[O-])c2ccccc12.Nc1c(O)cc(S(=O)(=O)[O-])c2ccccc12.Nc1c(O)cc(S(=O)(=O)[O-])c2ccccc12.[Bi+3]. The summed E-state index contributed by atoms with van der Waals surface area (Å²) in [6.45, 7) is 0. The molecule has 0 aliphatic heterocycles. The van der Waals surface area contributed by atoms with Crippen LogP contribution in [0.15, 0.2) is 106 Å². The Morgan fingerprint density at radius 2 is 0.592 bits per heavy atom. The molecule has 0 amide bonds. The zero-order chi connectivity index (χ0) is 35.8. The second-order valence-corrected chi connectivity index (χ2v) is 14.0. The number of fused-ring (bicyclic) bond motifs is 3. The second-order valence-electron chi connectivity index (χ2n) is 9.92. The zero-order valence-corrected chi connectivity index (χ0v) is 30.5. The molecule has 0 aromatic heterocycles. The van der Waals surface area contributed by atoms with Gasteiger partial charge in [-0.15, -0.1) is 0 Å². The van der Waals surface area contributed by atoms with Crippen molar-refractivity contribution in [3.63, 3.8) is 0 Å². The molecule has 49 heavy (non-hydrogen) atoms. The number of aromatic hydroxyl groups is 3. The quantitative estimate of drug-likeness (QED) is 0.0644. The summed E-state index contributed by atoms with van der Waals surface area (Å²) >= 11 is 0. The van der Waals surface area contributed by atoms with Crippen LogP contribution in [0, 0.1) is 0 Å². The van der Waals surface area contributed by atoms with E-state index >= 15 is 0 Å². The number of benzene rings is 6. The summed E-state index contributed by atoms with van der Waals surface area (Å²) in [5, 5.41) is 30.0. The number of hydrogen-bond donors (Lipinski definition) is 6. The smallest absolute Gasteiger partial charge is 0.744 e. The largest absolute Gasteiger partial charge is 3.00 e. The van der Waals surface area contributed by atoms with Crippen LogP contribution in [0.4, 0.5) is 17.1 Å². The molecule has 19 heteroatoms. The van der Waals surface area contributed by atoms with Crippen molar-refractivity contribution in [2.75, 3.05) is 17.2 Å². The molecule has 0 heterocycles. The van der Waals surface area contributed by atoms with E-state index in [1.54, 1.807) is 54.6 Å². The summed E-state index contributed by atoms with van der Waals surface area (Å²) < 4.78 is 99.0. The van der Waals surface area contributed by atoms with Gasteiger partial charge < -0.3 is 46.2 Å². The van der Waals surface area contributed by atoms with E-state index in [4.69, 9.17) is 17.2 Å². The van der Waals surface area contributed by atoms with Crippen LogP contribution < -0.4 is 17.2 Å². The van der Waals surface area contributed by atoms with Gasteiger partial charge in [0.1, 0.15) is 47.6 Å². The van der Waals surface area contributed by atoms with E-state index in [2.05, 4.69) is 0 Å². The Kier molecular flexibility index (Phi) is 11.6. The van der Waals surface area contributed by atoms with Gasteiger partial charge in [-0.05, 0) is 0 Å². The Hall–Kier alpha value is -4.49. The van der Waals surface area contributed by atoms with Crippen LogP contribution in [0.3, 0.4) is 0 Å². The first-order valence-electron chi connectivity index (χ1n) is 13.1. The van der Waals surface area contributed by atoms with E-state index in [1.807, 2.05) is 0 Å². The summed E-state index contributed by atoms with van der Waals surface area (Å²) in [6, 6.07) is 21.3. The molecule has 6 rings (SSSR count). The zero-order valence-electron chi connectivity index (χ0n) is 24.6. The number of nitrogens with two attached hydrogens (primary N) is 3. The molecule has 2 radical (unpaired) electrons. The fraction of sp³-hybridized carbons (Fsp3) is 0. The average molecular weight is 924 g/mol. The molecule has 0 saturated carbocycles. The molecule has 6 aromatic carbocycles. The summed E-state index contributed by atoms with van der Waals surface area (Å²) in [4.78, 5) is -1.39. The fourth-order valence-corrected chi connectivity index (χ4v) is 6.78. The third kappa shape index (κ3) is 8.39. The van der Waals surface area contributed by atoms with Gasteiger partial charge in [-0.1, -0.05) is 72.8 Å². The van der Waals surface area contributed by atoms with E-state index in [0.717, 1.165) is 18.2 Å². The normalized spacial score (nSPS) is 11.6. The third-order valence-corrected chi connectivity index (χ3v) is 9.52. The van der Waals surface area contributed by atoms with Crippen molar-refractivity contribution >= 4 is 106 Å². The molecule has 0 atom stereocenters. The van der Waals surface area contributed by atoms with Gasteiger partial charge >= 0.3 is 26.2 Å². The maximum absolute atomic E-state index is 11.0. The minimum absolute atomic E-state index is 0. The van der Waals surface area contributed by atoms with Crippen molar-refractivity contribution in [1.82, 2.24) is 0 Å². The van der Waals surface area contributed by atoms with Gasteiger partial charge in [-0.25, -0.2) is 25.3 Å². The first-order chi connectivity index (χ1) is 22.2. The van der Waals surface area contributed by atoms with E-state index in [1.165, 1.54) is 18.2 Å². The number of hydrogen-bond acceptors (Lipinski definition) is 15. The first-order valence-corrected chi connectivity index (χ1v) is 17.3. The van der Waals surface area contributed by atoms with Gasteiger partial charge in [0.05, 0.1) is 31.7 Å². The maximum atomic E-state index is 11.0. The number of rotatable bonds is 3. The Bertz CT molecular complexity index is 2280. The van der Waals surface area contributed by atoms with Crippen LogP contribution in [0.2, 0.25) is 0 Å². The summed E-state index contributed by atoms with van der Waals surface area (Å²) in [7, 11) is -13.9. The number of nitrogen functional groups attached to an aromatic ring is 3. The topological polar surface area (TPSA) is 310 Å². The number of phenols is 3. The van der Waals surface area contributed by atoms with Crippen LogP contribution >= 0.6 is 0 Å². The molecule has 6 aromatic rings. The van der Waals surface area contributed by atoms with Crippen molar-refractivity contribution in [2.45, 2.75) is 14.7 Å².